The van der Waals surface area contributed by atoms with Gasteiger partial charge in [0.2, 0.25) is 15.9 Å². The lowest BCUT2D eigenvalue weighted by Crippen LogP contribution is -2.31. The van der Waals surface area contributed by atoms with E-state index in [2.05, 4.69) is 4.72 Å². The molecule has 1 atom stereocenters. The summed E-state index contributed by atoms with van der Waals surface area (Å²) in [7, 11) is -4.20. The molecule has 5 nitrogen and oxygen atoms in total. The first kappa shape index (κ1) is 18.5. The third-order valence-electron chi connectivity index (χ3n) is 4.30. The Bertz CT molecular complexity index is 930. The highest BCUT2D eigenvalue weighted by atomic mass is 32.2. The molecule has 1 N–H and O–H groups in total. The molecule has 1 fully saturated rings. The van der Waals surface area contributed by atoms with Gasteiger partial charge in [-0.1, -0.05) is 17.7 Å². The van der Waals surface area contributed by atoms with Crippen LogP contribution in [-0.2, 0) is 14.8 Å². The monoisotopic (exact) mass is 380 g/mol. The number of anilines is 1. The van der Waals surface area contributed by atoms with Crippen LogP contribution in [0.25, 0.3) is 0 Å². The van der Waals surface area contributed by atoms with E-state index >= 15 is 0 Å². The Morgan fingerprint density at radius 2 is 1.85 bits per heavy atom. The summed E-state index contributed by atoms with van der Waals surface area (Å²) in [6.45, 7) is 2.27. The van der Waals surface area contributed by atoms with Crippen molar-refractivity contribution in [1.82, 2.24) is 4.72 Å². The largest absolute Gasteiger partial charge is 0.312 e. The predicted octanol–water partition coefficient (Wildman–Crippen LogP) is 2.60. The second-order valence-corrected chi connectivity index (χ2v) is 8.07. The van der Waals surface area contributed by atoms with Crippen molar-refractivity contribution in [2.75, 3.05) is 18.0 Å². The van der Waals surface area contributed by atoms with Crippen LogP contribution in [-0.4, -0.2) is 27.4 Å². The number of carbonyl (C=O) groups excluding carboxylic acids is 1. The molecule has 1 heterocycles. The van der Waals surface area contributed by atoms with Crippen molar-refractivity contribution < 1.29 is 22.0 Å². The van der Waals surface area contributed by atoms with Gasteiger partial charge in [0.25, 0.3) is 0 Å². The standard InChI is InChI=1S/C18H18F2N2O3S/c1-12-2-5-15(6-3-12)22-11-13(8-18(22)23)10-21-26(24,25)17-9-14(19)4-7-16(17)20/h2-7,9,13,21H,8,10-11H2,1H3. The minimum absolute atomic E-state index is 0.0353. The average molecular weight is 380 g/mol. The van der Waals surface area contributed by atoms with Gasteiger partial charge in [0.05, 0.1) is 0 Å². The molecule has 2 aromatic rings. The van der Waals surface area contributed by atoms with E-state index in [0.717, 1.165) is 23.4 Å². The molecule has 1 unspecified atom stereocenters. The Kier molecular flexibility index (Phi) is 5.06. The predicted molar refractivity (Wildman–Crippen MR) is 93.2 cm³/mol. The van der Waals surface area contributed by atoms with Crippen LogP contribution in [0.5, 0.6) is 0 Å². The Balaban J connectivity index is 1.68. The van der Waals surface area contributed by atoms with E-state index in [1.165, 1.54) is 0 Å². The molecule has 0 saturated carbocycles. The smallest absolute Gasteiger partial charge is 0.243 e. The lowest BCUT2D eigenvalue weighted by Gasteiger charge is -2.17. The summed E-state index contributed by atoms with van der Waals surface area (Å²) in [6, 6.07) is 9.71. The molecule has 0 bridgehead atoms. The summed E-state index contributed by atoms with van der Waals surface area (Å²) in [5, 5.41) is 0. The summed E-state index contributed by atoms with van der Waals surface area (Å²) >= 11 is 0. The number of carbonyl (C=O) groups is 1. The minimum atomic E-state index is -4.20. The third-order valence-corrected chi connectivity index (χ3v) is 5.73. The van der Waals surface area contributed by atoms with Crippen LogP contribution in [0, 0.1) is 24.5 Å². The summed E-state index contributed by atoms with van der Waals surface area (Å²) in [5.41, 5.74) is 1.82. The van der Waals surface area contributed by atoms with E-state index in [9.17, 15) is 22.0 Å². The molecule has 3 rings (SSSR count). The maximum Gasteiger partial charge on any atom is 0.243 e. The van der Waals surface area contributed by atoms with Crippen LogP contribution in [0.1, 0.15) is 12.0 Å². The van der Waals surface area contributed by atoms with E-state index < -0.39 is 26.6 Å². The van der Waals surface area contributed by atoms with Crippen molar-refractivity contribution in [2.45, 2.75) is 18.2 Å². The molecule has 138 valence electrons. The van der Waals surface area contributed by atoms with Gasteiger partial charge >= 0.3 is 0 Å². The summed E-state index contributed by atoms with van der Waals surface area (Å²) in [6.07, 6.45) is 0.183. The number of hydrogen-bond acceptors (Lipinski definition) is 3. The molecule has 1 saturated heterocycles. The van der Waals surface area contributed by atoms with Crippen LogP contribution < -0.4 is 9.62 Å². The fourth-order valence-corrected chi connectivity index (χ4v) is 4.08. The van der Waals surface area contributed by atoms with Crippen LogP contribution in [0.3, 0.4) is 0 Å². The number of benzene rings is 2. The molecular weight excluding hydrogens is 362 g/mol. The van der Waals surface area contributed by atoms with Crippen molar-refractivity contribution >= 4 is 21.6 Å². The Hall–Kier alpha value is -2.32. The fraction of sp³-hybridized carbons (Fsp3) is 0.278. The number of sulfonamides is 1. The molecule has 1 amide bonds. The zero-order valence-electron chi connectivity index (χ0n) is 14.1. The molecule has 8 heteroatoms. The molecule has 1 aliphatic rings. The Morgan fingerprint density at radius 1 is 1.15 bits per heavy atom. The normalized spacial score (nSPS) is 17.7. The van der Waals surface area contributed by atoms with Gasteiger partial charge < -0.3 is 4.90 Å². The van der Waals surface area contributed by atoms with Gasteiger partial charge in [0, 0.05) is 25.2 Å². The van der Waals surface area contributed by atoms with Gasteiger partial charge in [0.1, 0.15) is 16.5 Å². The molecule has 26 heavy (non-hydrogen) atoms. The van der Waals surface area contributed by atoms with Crippen molar-refractivity contribution in [1.29, 1.82) is 0 Å². The third kappa shape index (κ3) is 3.91. The molecular formula is C18H18F2N2O3S. The van der Waals surface area contributed by atoms with Crippen LogP contribution in [0.15, 0.2) is 47.4 Å². The number of rotatable bonds is 5. The van der Waals surface area contributed by atoms with Crippen LogP contribution in [0.2, 0.25) is 0 Å². The molecule has 0 aromatic heterocycles. The SMILES string of the molecule is Cc1ccc(N2CC(CNS(=O)(=O)c3cc(F)ccc3F)CC2=O)cc1. The number of aryl methyl sites for hydroxylation is 1. The van der Waals surface area contributed by atoms with E-state index in [1.807, 2.05) is 31.2 Å². The van der Waals surface area contributed by atoms with Crippen LogP contribution in [0.4, 0.5) is 14.5 Å². The molecule has 2 aromatic carbocycles. The highest BCUT2D eigenvalue weighted by molar-refractivity contribution is 7.89. The number of hydrogen-bond donors (Lipinski definition) is 1. The lowest BCUT2D eigenvalue weighted by molar-refractivity contribution is -0.117. The number of nitrogens with one attached hydrogen (secondary N) is 1. The second-order valence-electron chi connectivity index (χ2n) is 6.34. The zero-order chi connectivity index (χ0) is 18.9. The topological polar surface area (TPSA) is 66.5 Å². The van der Waals surface area contributed by atoms with Crippen molar-refractivity contribution in [2.24, 2.45) is 5.92 Å². The zero-order valence-corrected chi connectivity index (χ0v) is 14.9. The van der Waals surface area contributed by atoms with E-state index in [4.69, 9.17) is 0 Å². The number of nitrogens with zero attached hydrogens (tertiary/aromatic N) is 1. The van der Waals surface area contributed by atoms with Crippen molar-refractivity contribution in [3.8, 4) is 0 Å². The maximum atomic E-state index is 13.7. The molecule has 1 aliphatic heterocycles. The first-order chi connectivity index (χ1) is 12.3. The van der Waals surface area contributed by atoms with Gasteiger partial charge in [-0.05, 0) is 43.2 Å². The number of amides is 1. The van der Waals surface area contributed by atoms with Gasteiger partial charge in [-0.2, -0.15) is 0 Å². The van der Waals surface area contributed by atoms with E-state index in [1.54, 1.807) is 4.90 Å². The second kappa shape index (κ2) is 7.13. The minimum Gasteiger partial charge on any atom is -0.312 e. The van der Waals surface area contributed by atoms with Crippen LogP contribution >= 0.6 is 0 Å². The Morgan fingerprint density at radius 3 is 2.54 bits per heavy atom. The van der Waals surface area contributed by atoms with Crippen molar-refractivity contribution in [3.05, 3.63) is 59.7 Å². The van der Waals surface area contributed by atoms with E-state index in [0.29, 0.717) is 12.6 Å². The summed E-state index contributed by atoms with van der Waals surface area (Å²) < 4.78 is 53.6. The molecule has 0 aliphatic carbocycles. The van der Waals surface area contributed by atoms with Gasteiger partial charge in [-0.3, -0.25) is 4.79 Å². The summed E-state index contributed by atoms with van der Waals surface area (Å²) in [4.78, 5) is 13.1. The average Bonchev–Trinajstić information content (AvgIpc) is 2.97. The first-order valence-electron chi connectivity index (χ1n) is 8.08. The Labute approximate surface area is 150 Å². The highest BCUT2D eigenvalue weighted by Gasteiger charge is 2.32. The quantitative estimate of drug-likeness (QED) is 0.867. The highest BCUT2D eigenvalue weighted by Crippen LogP contribution is 2.25. The van der Waals surface area contributed by atoms with Gasteiger partial charge in [-0.15, -0.1) is 0 Å². The first-order valence-corrected chi connectivity index (χ1v) is 9.56. The van der Waals surface area contributed by atoms with Crippen molar-refractivity contribution in [3.63, 3.8) is 0 Å². The molecule has 0 radical (unpaired) electrons. The fourth-order valence-electron chi connectivity index (χ4n) is 2.88. The van der Waals surface area contributed by atoms with Gasteiger partial charge in [0.15, 0.2) is 0 Å². The van der Waals surface area contributed by atoms with Gasteiger partial charge in [-0.25, -0.2) is 21.9 Å². The number of halogens is 2. The maximum absolute atomic E-state index is 13.7. The molecule has 0 spiro atoms. The van der Waals surface area contributed by atoms with E-state index in [-0.39, 0.29) is 24.8 Å². The lowest BCUT2D eigenvalue weighted by atomic mass is 10.1. The summed E-state index contributed by atoms with van der Waals surface area (Å²) in [5.74, 6) is -2.22.